The molecule has 0 saturated heterocycles. The Kier molecular flexibility index (Phi) is 4.26. The maximum atomic E-state index is 12.3. The number of fused-ring (bicyclic) bond motifs is 1. The van der Waals surface area contributed by atoms with Crippen LogP contribution in [0.15, 0.2) is 37.1 Å². The summed E-state index contributed by atoms with van der Waals surface area (Å²) >= 11 is 0. The molecular weight excluding hydrogens is 316 g/mol. The maximum absolute atomic E-state index is 12.3. The Bertz CT molecular complexity index is 890. The van der Waals surface area contributed by atoms with Gasteiger partial charge in [-0.2, -0.15) is 5.10 Å². The van der Waals surface area contributed by atoms with Crippen LogP contribution in [0.1, 0.15) is 42.5 Å². The number of ether oxygens (including phenoxy) is 1. The molecule has 3 aromatic heterocycles. The van der Waals surface area contributed by atoms with E-state index in [0.717, 1.165) is 17.7 Å². The first-order chi connectivity index (χ1) is 12.3. The van der Waals surface area contributed by atoms with Gasteiger partial charge in [0.05, 0.1) is 13.3 Å². The lowest BCUT2D eigenvalue weighted by atomic mass is 9.89. The lowest BCUT2D eigenvalue weighted by Gasteiger charge is -2.21. The summed E-state index contributed by atoms with van der Waals surface area (Å²) in [4.78, 5) is 16.6. The van der Waals surface area contributed by atoms with E-state index >= 15 is 0 Å². The number of nitrogens with zero attached hydrogens (tertiary/aromatic N) is 4. The maximum Gasteiger partial charge on any atom is 0.342 e. The number of pyridine rings is 1. The molecule has 25 heavy (non-hydrogen) atoms. The van der Waals surface area contributed by atoms with Crippen molar-refractivity contribution in [2.45, 2.75) is 38.6 Å². The smallest absolute Gasteiger partial charge is 0.342 e. The van der Waals surface area contributed by atoms with Crippen LogP contribution in [0.25, 0.3) is 16.8 Å². The molecule has 1 aliphatic carbocycles. The molecule has 4 rings (SSSR count). The van der Waals surface area contributed by atoms with E-state index in [0.29, 0.717) is 17.1 Å². The van der Waals surface area contributed by atoms with Gasteiger partial charge in [-0.25, -0.2) is 9.78 Å². The van der Waals surface area contributed by atoms with Gasteiger partial charge >= 0.3 is 5.97 Å². The molecule has 0 N–H and O–H groups in total. The van der Waals surface area contributed by atoms with Crippen molar-refractivity contribution in [2.75, 3.05) is 7.11 Å². The highest BCUT2D eigenvalue weighted by molar-refractivity contribution is 6.02. The number of aromatic nitrogens is 4. The molecule has 0 atom stereocenters. The summed E-state index contributed by atoms with van der Waals surface area (Å²) < 4.78 is 8.81. The van der Waals surface area contributed by atoms with Crippen LogP contribution in [-0.2, 0) is 11.3 Å². The zero-order valence-corrected chi connectivity index (χ0v) is 14.4. The number of esters is 1. The molecule has 0 bridgehead atoms. The van der Waals surface area contributed by atoms with E-state index < -0.39 is 0 Å². The van der Waals surface area contributed by atoms with Gasteiger partial charge in [0, 0.05) is 42.5 Å². The van der Waals surface area contributed by atoms with Crippen molar-refractivity contribution in [1.29, 1.82) is 0 Å². The third-order valence-corrected chi connectivity index (χ3v) is 5.07. The van der Waals surface area contributed by atoms with Crippen LogP contribution >= 0.6 is 0 Å². The van der Waals surface area contributed by atoms with E-state index in [2.05, 4.69) is 10.1 Å². The molecule has 130 valence electrons. The fourth-order valence-corrected chi connectivity index (χ4v) is 3.77. The summed E-state index contributed by atoms with van der Waals surface area (Å²) in [5.74, 6) is 0.322. The second kappa shape index (κ2) is 6.70. The summed E-state index contributed by atoms with van der Waals surface area (Å²) in [7, 11) is 1.39. The highest BCUT2D eigenvalue weighted by atomic mass is 16.5. The summed E-state index contributed by atoms with van der Waals surface area (Å²) in [5, 5.41) is 4.52. The highest BCUT2D eigenvalue weighted by Crippen LogP contribution is 2.28. The van der Waals surface area contributed by atoms with Crippen LogP contribution in [0, 0.1) is 5.92 Å². The number of rotatable bonds is 4. The minimum atomic E-state index is -0.383. The van der Waals surface area contributed by atoms with Crippen molar-refractivity contribution in [2.24, 2.45) is 5.92 Å². The van der Waals surface area contributed by atoms with Crippen molar-refractivity contribution in [1.82, 2.24) is 19.2 Å². The average Bonchev–Trinajstić information content (AvgIpc) is 3.30. The van der Waals surface area contributed by atoms with Gasteiger partial charge in [-0.15, -0.1) is 0 Å². The molecule has 0 amide bonds. The normalized spacial score (nSPS) is 15.6. The second-order valence-corrected chi connectivity index (χ2v) is 6.71. The van der Waals surface area contributed by atoms with E-state index in [9.17, 15) is 4.79 Å². The third kappa shape index (κ3) is 3.04. The monoisotopic (exact) mass is 338 g/mol. The van der Waals surface area contributed by atoms with Crippen LogP contribution in [0.2, 0.25) is 0 Å². The Morgan fingerprint density at radius 3 is 2.92 bits per heavy atom. The van der Waals surface area contributed by atoms with Crippen molar-refractivity contribution in [3.63, 3.8) is 0 Å². The van der Waals surface area contributed by atoms with Crippen molar-refractivity contribution in [3.05, 3.63) is 42.6 Å². The zero-order valence-electron chi connectivity index (χ0n) is 14.4. The number of hydrogen-bond donors (Lipinski definition) is 0. The summed E-state index contributed by atoms with van der Waals surface area (Å²) in [6.07, 6.45) is 15.8. The van der Waals surface area contributed by atoms with E-state index in [1.165, 1.54) is 39.2 Å². The summed E-state index contributed by atoms with van der Waals surface area (Å²) in [5.41, 5.74) is 2.80. The van der Waals surface area contributed by atoms with Gasteiger partial charge < -0.3 is 9.14 Å². The molecule has 1 aliphatic rings. The second-order valence-electron chi connectivity index (χ2n) is 6.71. The quantitative estimate of drug-likeness (QED) is 0.682. The van der Waals surface area contributed by atoms with Crippen LogP contribution in [0.3, 0.4) is 0 Å². The number of hydrogen-bond acceptors (Lipinski definition) is 4. The fraction of sp³-hybridized carbons (Fsp3) is 0.421. The minimum absolute atomic E-state index is 0.383. The van der Waals surface area contributed by atoms with Crippen molar-refractivity contribution >= 4 is 11.6 Å². The Balaban J connectivity index is 1.68. The standard InChI is InChI=1S/C19H22N4O2/c1-25-19(24)17-16(7-9-22-10-8-20-18(17)22)15-11-21-23(13-15)12-14-5-3-2-4-6-14/h7-11,13-14H,2-6,12H2,1H3. The molecule has 6 nitrogen and oxygen atoms in total. The lowest BCUT2D eigenvalue weighted by molar-refractivity contribution is 0.0603. The predicted octanol–water partition coefficient (Wildman–Crippen LogP) is 3.56. The fourth-order valence-electron chi connectivity index (χ4n) is 3.77. The molecule has 0 spiro atoms. The van der Waals surface area contributed by atoms with Gasteiger partial charge in [0.2, 0.25) is 0 Å². The number of carbonyl (C=O) groups excluding carboxylic acids is 1. The van der Waals surface area contributed by atoms with Crippen LogP contribution < -0.4 is 0 Å². The van der Waals surface area contributed by atoms with Gasteiger partial charge in [-0.05, 0) is 24.8 Å². The SMILES string of the molecule is COC(=O)c1c(-c2cnn(CC3CCCCC3)c2)ccn2ccnc12. The lowest BCUT2D eigenvalue weighted by Crippen LogP contribution is -2.14. The van der Waals surface area contributed by atoms with Gasteiger partial charge in [-0.1, -0.05) is 19.3 Å². The first-order valence-corrected chi connectivity index (χ1v) is 8.83. The van der Waals surface area contributed by atoms with Crippen LogP contribution in [-0.4, -0.2) is 32.2 Å². The van der Waals surface area contributed by atoms with E-state index in [-0.39, 0.29) is 5.97 Å². The molecular formula is C19H22N4O2. The van der Waals surface area contributed by atoms with E-state index in [1.54, 1.807) is 6.20 Å². The Morgan fingerprint density at radius 2 is 2.12 bits per heavy atom. The Labute approximate surface area is 146 Å². The molecule has 0 aliphatic heterocycles. The van der Waals surface area contributed by atoms with Crippen molar-refractivity contribution in [3.8, 4) is 11.1 Å². The van der Waals surface area contributed by atoms with Crippen LogP contribution in [0.5, 0.6) is 0 Å². The largest absolute Gasteiger partial charge is 0.465 e. The van der Waals surface area contributed by atoms with Crippen LogP contribution in [0.4, 0.5) is 0 Å². The zero-order chi connectivity index (χ0) is 17.2. The van der Waals surface area contributed by atoms with Gasteiger partial charge in [-0.3, -0.25) is 4.68 Å². The van der Waals surface area contributed by atoms with Crippen molar-refractivity contribution < 1.29 is 9.53 Å². The molecule has 0 unspecified atom stereocenters. The molecule has 6 heteroatoms. The molecule has 0 aromatic carbocycles. The van der Waals surface area contributed by atoms with E-state index in [1.807, 2.05) is 39.9 Å². The number of methoxy groups -OCH3 is 1. The van der Waals surface area contributed by atoms with Gasteiger partial charge in [0.15, 0.2) is 5.65 Å². The summed E-state index contributed by atoms with van der Waals surface area (Å²) in [6.45, 7) is 0.944. The molecule has 1 fully saturated rings. The molecule has 0 radical (unpaired) electrons. The first-order valence-electron chi connectivity index (χ1n) is 8.83. The van der Waals surface area contributed by atoms with E-state index in [4.69, 9.17) is 4.74 Å². The minimum Gasteiger partial charge on any atom is -0.465 e. The highest BCUT2D eigenvalue weighted by Gasteiger charge is 2.20. The van der Waals surface area contributed by atoms with Gasteiger partial charge in [0.25, 0.3) is 0 Å². The number of imidazole rings is 1. The number of carbonyl (C=O) groups is 1. The Morgan fingerprint density at radius 1 is 1.28 bits per heavy atom. The summed E-state index contributed by atoms with van der Waals surface area (Å²) in [6, 6.07) is 1.92. The first kappa shape index (κ1) is 15.9. The average molecular weight is 338 g/mol. The van der Waals surface area contributed by atoms with Gasteiger partial charge in [0.1, 0.15) is 5.56 Å². The molecule has 1 saturated carbocycles. The molecule has 3 heterocycles. The topological polar surface area (TPSA) is 61.4 Å². The predicted molar refractivity (Wildman–Crippen MR) is 94.3 cm³/mol. The Hall–Kier alpha value is -2.63. The molecule has 3 aromatic rings. The third-order valence-electron chi connectivity index (χ3n) is 5.07.